The van der Waals surface area contributed by atoms with E-state index in [1.807, 2.05) is 84.9 Å². The predicted molar refractivity (Wildman–Crippen MR) is 106 cm³/mol. The van der Waals surface area contributed by atoms with Gasteiger partial charge in [0, 0.05) is 4.47 Å². The first kappa shape index (κ1) is 17.5. The molecule has 0 aromatic heterocycles. The van der Waals surface area contributed by atoms with Crippen LogP contribution in [0, 0.1) is 0 Å². The Morgan fingerprint density at radius 3 is 2.20 bits per heavy atom. The summed E-state index contributed by atoms with van der Waals surface area (Å²) in [6.45, 7) is 0. The normalized spacial score (nSPS) is 12.7. The van der Waals surface area contributed by atoms with Crippen LogP contribution in [0.5, 0.6) is 5.75 Å². The van der Waals surface area contributed by atoms with Crippen LogP contribution in [-0.4, -0.2) is 12.2 Å². The van der Waals surface area contributed by atoms with Crippen molar-refractivity contribution >= 4 is 27.6 Å². The van der Waals surface area contributed by atoms with Gasteiger partial charge in [0.15, 0.2) is 0 Å². The number of hydrogen-bond donors (Lipinski definition) is 1. The van der Waals surface area contributed by atoms with E-state index < -0.39 is 6.10 Å². The van der Waals surface area contributed by atoms with Crippen LogP contribution in [0.25, 0.3) is 11.6 Å². The van der Waals surface area contributed by atoms with E-state index in [9.17, 15) is 5.11 Å². The zero-order valence-corrected chi connectivity index (χ0v) is 15.5. The molecule has 126 valence electrons. The molecule has 3 rings (SSSR count). The molecular formula is C22H19BrO2. The third kappa shape index (κ3) is 4.19. The van der Waals surface area contributed by atoms with Gasteiger partial charge in [0.05, 0.1) is 7.11 Å². The molecule has 0 spiro atoms. The van der Waals surface area contributed by atoms with E-state index >= 15 is 0 Å². The average molecular weight is 395 g/mol. The Morgan fingerprint density at radius 1 is 0.920 bits per heavy atom. The fourth-order valence-corrected chi connectivity index (χ4v) is 3.20. The van der Waals surface area contributed by atoms with Gasteiger partial charge in [0.25, 0.3) is 0 Å². The Bertz CT molecular complexity index is 855. The summed E-state index contributed by atoms with van der Waals surface area (Å²) in [5.74, 6) is 0.810. The van der Waals surface area contributed by atoms with Gasteiger partial charge in [-0.25, -0.2) is 0 Å². The molecule has 0 bridgehead atoms. The molecule has 1 N–H and O–H groups in total. The SMILES string of the molecule is COc1ccc(/C=C(\c2ccccc2)C(O)c2ccccc2Br)cc1. The molecule has 3 aromatic rings. The van der Waals surface area contributed by atoms with Gasteiger partial charge >= 0.3 is 0 Å². The van der Waals surface area contributed by atoms with Crippen molar-refractivity contribution in [3.8, 4) is 5.75 Å². The van der Waals surface area contributed by atoms with Gasteiger partial charge in [0.1, 0.15) is 11.9 Å². The van der Waals surface area contributed by atoms with Gasteiger partial charge in [-0.2, -0.15) is 0 Å². The maximum Gasteiger partial charge on any atom is 0.118 e. The molecule has 0 saturated heterocycles. The first-order valence-corrected chi connectivity index (χ1v) is 8.82. The largest absolute Gasteiger partial charge is 0.497 e. The molecule has 0 heterocycles. The summed E-state index contributed by atoms with van der Waals surface area (Å²) in [5, 5.41) is 11.1. The highest BCUT2D eigenvalue weighted by Gasteiger charge is 2.17. The van der Waals surface area contributed by atoms with Gasteiger partial charge in [-0.3, -0.25) is 0 Å². The van der Waals surface area contributed by atoms with E-state index in [4.69, 9.17) is 4.74 Å². The van der Waals surface area contributed by atoms with Gasteiger partial charge in [-0.15, -0.1) is 0 Å². The predicted octanol–water partition coefficient (Wildman–Crippen LogP) is 5.73. The first-order chi connectivity index (χ1) is 12.2. The fourth-order valence-electron chi connectivity index (χ4n) is 2.69. The number of rotatable bonds is 5. The van der Waals surface area contributed by atoms with Crippen LogP contribution in [0.3, 0.4) is 0 Å². The lowest BCUT2D eigenvalue weighted by atomic mass is 9.93. The lowest BCUT2D eigenvalue weighted by Crippen LogP contribution is -2.02. The van der Waals surface area contributed by atoms with Gasteiger partial charge in [0.2, 0.25) is 0 Å². The van der Waals surface area contributed by atoms with E-state index in [1.54, 1.807) is 7.11 Å². The Labute approximate surface area is 156 Å². The van der Waals surface area contributed by atoms with Crippen molar-refractivity contribution in [2.75, 3.05) is 7.11 Å². The molecule has 0 aliphatic heterocycles. The Kier molecular flexibility index (Phi) is 5.69. The summed E-state index contributed by atoms with van der Waals surface area (Å²) in [4.78, 5) is 0. The molecule has 0 fully saturated rings. The van der Waals surface area contributed by atoms with E-state index in [0.29, 0.717) is 0 Å². The minimum Gasteiger partial charge on any atom is -0.497 e. The van der Waals surface area contributed by atoms with Crippen LogP contribution in [-0.2, 0) is 0 Å². The van der Waals surface area contributed by atoms with Crippen molar-refractivity contribution in [2.24, 2.45) is 0 Å². The summed E-state index contributed by atoms with van der Waals surface area (Å²) < 4.78 is 6.10. The Morgan fingerprint density at radius 2 is 1.56 bits per heavy atom. The van der Waals surface area contributed by atoms with Crippen LogP contribution < -0.4 is 4.74 Å². The molecule has 25 heavy (non-hydrogen) atoms. The fraction of sp³-hybridized carbons (Fsp3) is 0.0909. The van der Waals surface area contributed by atoms with Crippen molar-refractivity contribution in [2.45, 2.75) is 6.10 Å². The lowest BCUT2D eigenvalue weighted by Gasteiger charge is -2.18. The van der Waals surface area contributed by atoms with E-state index in [0.717, 1.165) is 32.5 Å². The third-order valence-corrected chi connectivity index (χ3v) is 4.76. The van der Waals surface area contributed by atoms with E-state index in [1.165, 1.54) is 0 Å². The smallest absolute Gasteiger partial charge is 0.118 e. The number of aliphatic hydroxyl groups excluding tert-OH is 1. The molecular weight excluding hydrogens is 376 g/mol. The topological polar surface area (TPSA) is 29.5 Å². The van der Waals surface area contributed by atoms with E-state index in [2.05, 4.69) is 15.9 Å². The van der Waals surface area contributed by atoms with Crippen molar-refractivity contribution in [1.29, 1.82) is 0 Å². The minimum absolute atomic E-state index is 0.736. The molecule has 0 aliphatic rings. The summed E-state index contributed by atoms with van der Waals surface area (Å²) in [5.41, 5.74) is 3.68. The van der Waals surface area contributed by atoms with Crippen molar-refractivity contribution in [1.82, 2.24) is 0 Å². The molecule has 3 aromatic carbocycles. The van der Waals surface area contributed by atoms with Crippen LogP contribution in [0.2, 0.25) is 0 Å². The third-order valence-electron chi connectivity index (χ3n) is 4.04. The maximum atomic E-state index is 11.1. The van der Waals surface area contributed by atoms with Gasteiger partial charge in [-0.05, 0) is 46.5 Å². The lowest BCUT2D eigenvalue weighted by molar-refractivity contribution is 0.238. The molecule has 3 heteroatoms. The standard InChI is InChI=1S/C22H19BrO2/c1-25-18-13-11-16(12-14-18)15-20(17-7-3-2-4-8-17)22(24)19-9-5-6-10-21(19)23/h2-15,22,24H,1H3/b20-15+. The van der Waals surface area contributed by atoms with Gasteiger partial charge in [-0.1, -0.05) is 76.6 Å². The van der Waals surface area contributed by atoms with E-state index in [-0.39, 0.29) is 0 Å². The van der Waals surface area contributed by atoms with Crippen LogP contribution in [0.15, 0.2) is 83.3 Å². The number of hydrogen-bond acceptors (Lipinski definition) is 2. The highest BCUT2D eigenvalue weighted by molar-refractivity contribution is 9.10. The Hall–Kier alpha value is -2.36. The van der Waals surface area contributed by atoms with Crippen LogP contribution >= 0.6 is 15.9 Å². The number of benzene rings is 3. The molecule has 1 atom stereocenters. The minimum atomic E-state index is -0.736. The molecule has 2 nitrogen and oxygen atoms in total. The highest BCUT2D eigenvalue weighted by atomic mass is 79.9. The zero-order chi connectivity index (χ0) is 17.6. The summed E-state index contributed by atoms with van der Waals surface area (Å²) in [6, 6.07) is 25.5. The number of aliphatic hydroxyl groups is 1. The number of halogens is 1. The molecule has 0 radical (unpaired) electrons. The monoisotopic (exact) mass is 394 g/mol. The summed E-state index contributed by atoms with van der Waals surface area (Å²) in [7, 11) is 1.65. The second kappa shape index (κ2) is 8.15. The van der Waals surface area contributed by atoms with Gasteiger partial charge < -0.3 is 9.84 Å². The maximum absolute atomic E-state index is 11.1. The molecule has 0 aliphatic carbocycles. The summed E-state index contributed by atoms with van der Waals surface area (Å²) >= 11 is 3.54. The first-order valence-electron chi connectivity index (χ1n) is 8.02. The molecule has 0 saturated carbocycles. The quantitative estimate of drug-likeness (QED) is 0.559. The van der Waals surface area contributed by atoms with Crippen molar-refractivity contribution in [3.63, 3.8) is 0 Å². The number of methoxy groups -OCH3 is 1. The average Bonchev–Trinajstić information content (AvgIpc) is 2.67. The second-order valence-electron chi connectivity index (χ2n) is 5.66. The Balaban J connectivity index is 2.06. The highest BCUT2D eigenvalue weighted by Crippen LogP contribution is 2.35. The van der Waals surface area contributed by atoms with Crippen LogP contribution in [0.4, 0.5) is 0 Å². The molecule has 0 amide bonds. The molecule has 1 unspecified atom stereocenters. The number of ether oxygens (including phenoxy) is 1. The van der Waals surface area contributed by atoms with Crippen LogP contribution in [0.1, 0.15) is 22.8 Å². The summed E-state index contributed by atoms with van der Waals surface area (Å²) in [6.07, 6.45) is 1.28. The van der Waals surface area contributed by atoms with Crippen molar-refractivity contribution < 1.29 is 9.84 Å². The van der Waals surface area contributed by atoms with Crippen molar-refractivity contribution in [3.05, 3.63) is 100 Å². The zero-order valence-electron chi connectivity index (χ0n) is 13.9. The second-order valence-corrected chi connectivity index (χ2v) is 6.52.